The molecule has 0 bridgehead atoms. The fourth-order valence-electron chi connectivity index (χ4n) is 3.21. The van der Waals surface area contributed by atoms with Crippen LogP contribution in [0, 0.1) is 5.92 Å². The summed E-state index contributed by atoms with van der Waals surface area (Å²) < 4.78 is 0. The van der Waals surface area contributed by atoms with Crippen molar-refractivity contribution in [3.63, 3.8) is 0 Å². The summed E-state index contributed by atoms with van der Waals surface area (Å²) in [7, 11) is 0. The van der Waals surface area contributed by atoms with Gasteiger partial charge in [0.1, 0.15) is 0 Å². The van der Waals surface area contributed by atoms with E-state index in [9.17, 15) is 0 Å². The third-order valence-electron chi connectivity index (χ3n) is 4.50. The quantitative estimate of drug-likeness (QED) is 0.622. The maximum Gasteiger partial charge on any atom is 0.0440 e. The van der Waals surface area contributed by atoms with Crippen molar-refractivity contribution in [3.8, 4) is 0 Å². The second kappa shape index (κ2) is 6.79. The van der Waals surface area contributed by atoms with Crippen molar-refractivity contribution in [2.45, 2.75) is 71.6 Å². The fraction of sp³-hybridized carbons (Fsp3) is 0.667. The predicted octanol–water partition coefficient (Wildman–Crippen LogP) is 6.15. The van der Waals surface area contributed by atoms with Gasteiger partial charge >= 0.3 is 0 Å². The monoisotopic (exact) mass is 278 g/mol. The molecule has 19 heavy (non-hydrogen) atoms. The number of halogens is 1. The van der Waals surface area contributed by atoms with Crippen LogP contribution in [0.3, 0.4) is 0 Å². The lowest BCUT2D eigenvalue weighted by Crippen LogP contribution is -2.10. The average molecular weight is 279 g/mol. The Morgan fingerprint density at radius 1 is 1.16 bits per heavy atom. The average Bonchev–Trinajstić information content (AvgIpc) is 3.24. The largest absolute Gasteiger partial charge is 0.0840 e. The van der Waals surface area contributed by atoms with Gasteiger partial charge in [-0.25, -0.2) is 0 Å². The minimum atomic E-state index is 0.732. The number of hydrogen-bond acceptors (Lipinski definition) is 0. The first-order valence-electron chi connectivity index (χ1n) is 8.06. The molecule has 0 nitrogen and oxygen atoms in total. The van der Waals surface area contributed by atoms with Crippen molar-refractivity contribution in [2.75, 3.05) is 0 Å². The van der Waals surface area contributed by atoms with Crippen LogP contribution in [-0.4, -0.2) is 0 Å². The molecule has 0 heterocycles. The highest BCUT2D eigenvalue weighted by molar-refractivity contribution is 6.31. The first-order valence-corrected chi connectivity index (χ1v) is 8.43. The Hall–Kier alpha value is -0.490. The van der Waals surface area contributed by atoms with E-state index in [0.29, 0.717) is 0 Å². The minimum Gasteiger partial charge on any atom is -0.0840 e. The van der Waals surface area contributed by atoms with E-state index in [-0.39, 0.29) is 0 Å². The Bertz CT molecular complexity index is 418. The first kappa shape index (κ1) is 14.9. The van der Waals surface area contributed by atoms with Crippen molar-refractivity contribution < 1.29 is 0 Å². The van der Waals surface area contributed by atoms with Gasteiger partial charge < -0.3 is 0 Å². The van der Waals surface area contributed by atoms with Crippen LogP contribution >= 0.6 is 11.6 Å². The maximum atomic E-state index is 6.41. The molecular weight excluding hydrogens is 252 g/mol. The second-order valence-corrected chi connectivity index (χ2v) is 6.28. The molecule has 0 aromatic heterocycles. The second-order valence-electron chi connectivity index (χ2n) is 5.87. The lowest BCUT2D eigenvalue weighted by atomic mass is 9.81. The van der Waals surface area contributed by atoms with E-state index in [4.69, 9.17) is 11.6 Å². The van der Waals surface area contributed by atoms with Gasteiger partial charge in [0.15, 0.2) is 0 Å². The molecule has 1 heteroatoms. The lowest BCUT2D eigenvalue weighted by molar-refractivity contribution is 0.583. The third kappa shape index (κ3) is 3.54. The fourth-order valence-corrected chi connectivity index (χ4v) is 3.48. The maximum absolute atomic E-state index is 6.41. The van der Waals surface area contributed by atoms with E-state index >= 15 is 0 Å². The molecule has 1 aromatic carbocycles. The summed E-state index contributed by atoms with van der Waals surface area (Å²) in [5.74, 6) is 1.73. The molecule has 1 atom stereocenters. The normalized spacial score (nSPS) is 21.4. The Morgan fingerprint density at radius 3 is 2.58 bits per heavy atom. The first-order chi connectivity index (χ1) is 9.25. The van der Waals surface area contributed by atoms with Crippen molar-refractivity contribution in [1.82, 2.24) is 0 Å². The highest BCUT2D eigenvalue weighted by Gasteiger charge is 2.24. The van der Waals surface area contributed by atoms with Crippen LogP contribution in [0.25, 0.3) is 0 Å². The Balaban J connectivity index is 0.000000637. The lowest BCUT2D eigenvalue weighted by Gasteiger charge is -2.25. The van der Waals surface area contributed by atoms with Gasteiger partial charge in [0.05, 0.1) is 0 Å². The van der Waals surface area contributed by atoms with Crippen LogP contribution in [0.5, 0.6) is 0 Å². The van der Waals surface area contributed by atoms with Crippen LogP contribution in [-0.2, 0) is 12.8 Å². The van der Waals surface area contributed by atoms with E-state index in [1.54, 1.807) is 11.1 Å². The molecule has 1 fully saturated rings. The molecule has 0 spiro atoms. The van der Waals surface area contributed by atoms with Gasteiger partial charge in [0.25, 0.3) is 0 Å². The number of hydrogen-bond donors (Lipinski definition) is 0. The molecular formula is C18H27Cl. The number of rotatable bonds is 3. The SMILES string of the molecule is CC.CC1CCCc2c1ccc(Cl)c2CCC1CC1. The number of fused-ring (bicyclic) bond motifs is 1. The molecule has 0 amide bonds. The summed E-state index contributed by atoms with van der Waals surface area (Å²) >= 11 is 6.41. The van der Waals surface area contributed by atoms with Gasteiger partial charge in [-0.2, -0.15) is 0 Å². The molecule has 2 aliphatic carbocycles. The van der Waals surface area contributed by atoms with Gasteiger partial charge in [-0.05, 0) is 66.7 Å². The Morgan fingerprint density at radius 2 is 1.89 bits per heavy atom. The van der Waals surface area contributed by atoms with Crippen molar-refractivity contribution in [3.05, 3.63) is 33.8 Å². The summed E-state index contributed by atoms with van der Waals surface area (Å²) in [5.41, 5.74) is 4.64. The molecule has 0 radical (unpaired) electrons. The summed E-state index contributed by atoms with van der Waals surface area (Å²) in [6.45, 7) is 6.36. The summed E-state index contributed by atoms with van der Waals surface area (Å²) in [6.07, 6.45) is 9.39. The van der Waals surface area contributed by atoms with E-state index < -0.39 is 0 Å². The van der Waals surface area contributed by atoms with E-state index in [2.05, 4.69) is 19.1 Å². The molecule has 0 N–H and O–H groups in total. The third-order valence-corrected chi connectivity index (χ3v) is 4.86. The molecule has 1 unspecified atom stereocenters. The van der Waals surface area contributed by atoms with Gasteiger partial charge in [-0.3, -0.25) is 0 Å². The summed E-state index contributed by atoms with van der Waals surface area (Å²) in [4.78, 5) is 0. The zero-order chi connectivity index (χ0) is 13.8. The molecule has 1 saturated carbocycles. The van der Waals surface area contributed by atoms with E-state index in [1.807, 2.05) is 13.8 Å². The van der Waals surface area contributed by atoms with Gasteiger partial charge in [0.2, 0.25) is 0 Å². The molecule has 0 saturated heterocycles. The van der Waals surface area contributed by atoms with Gasteiger partial charge in [-0.1, -0.05) is 51.3 Å². The highest BCUT2D eigenvalue weighted by Crippen LogP contribution is 2.39. The topological polar surface area (TPSA) is 0 Å². The Kier molecular flexibility index (Phi) is 5.33. The standard InChI is InChI=1S/C16H21Cl.C2H6/c1-11-3-2-4-14-13(11)9-10-16(17)15(14)8-7-12-5-6-12;1-2/h9-12H,2-8H2,1H3;1-2H3. The predicted molar refractivity (Wildman–Crippen MR) is 85.2 cm³/mol. The van der Waals surface area contributed by atoms with Crippen LogP contribution in [0.1, 0.15) is 75.5 Å². The van der Waals surface area contributed by atoms with Gasteiger partial charge in [-0.15, -0.1) is 0 Å². The van der Waals surface area contributed by atoms with Crippen LogP contribution in [0.15, 0.2) is 12.1 Å². The van der Waals surface area contributed by atoms with Crippen LogP contribution in [0.4, 0.5) is 0 Å². The van der Waals surface area contributed by atoms with Gasteiger partial charge in [0, 0.05) is 5.02 Å². The van der Waals surface area contributed by atoms with Crippen molar-refractivity contribution in [2.24, 2.45) is 5.92 Å². The molecule has 2 aliphatic rings. The van der Waals surface area contributed by atoms with Crippen LogP contribution < -0.4 is 0 Å². The summed E-state index contributed by atoms with van der Waals surface area (Å²) in [5, 5.41) is 1.01. The molecule has 3 rings (SSSR count). The van der Waals surface area contributed by atoms with Crippen molar-refractivity contribution >= 4 is 11.6 Å². The van der Waals surface area contributed by atoms with E-state index in [0.717, 1.165) is 16.9 Å². The molecule has 0 aliphatic heterocycles. The Labute approximate surface area is 123 Å². The zero-order valence-corrected chi connectivity index (χ0v) is 13.4. The summed E-state index contributed by atoms with van der Waals surface area (Å²) in [6, 6.07) is 4.40. The minimum absolute atomic E-state index is 0.732. The smallest absolute Gasteiger partial charge is 0.0440 e. The number of benzene rings is 1. The highest BCUT2D eigenvalue weighted by atomic mass is 35.5. The van der Waals surface area contributed by atoms with Crippen molar-refractivity contribution in [1.29, 1.82) is 0 Å². The van der Waals surface area contributed by atoms with Crippen LogP contribution in [0.2, 0.25) is 5.02 Å². The van der Waals surface area contributed by atoms with E-state index in [1.165, 1.54) is 50.5 Å². The molecule has 106 valence electrons. The molecule has 1 aromatic rings. The zero-order valence-electron chi connectivity index (χ0n) is 12.6.